The molecule has 1 amide bonds. The molecule has 3 rings (SSSR count). The quantitative estimate of drug-likeness (QED) is 0.695. The van der Waals surface area contributed by atoms with Crippen LogP contribution in [0, 0.1) is 0 Å². The van der Waals surface area contributed by atoms with Crippen molar-refractivity contribution < 1.29 is 13.2 Å². The monoisotopic (exact) mass is 372 g/mol. The summed E-state index contributed by atoms with van der Waals surface area (Å²) in [6.45, 7) is 4.99. The first-order valence-corrected chi connectivity index (χ1v) is 9.79. The minimum absolute atomic E-state index is 0.112. The lowest BCUT2D eigenvalue weighted by Crippen LogP contribution is -2.30. The number of carbonyl (C=O) groups excluding carboxylic acids is 1. The fourth-order valence-corrected chi connectivity index (χ4v) is 3.99. The fourth-order valence-electron chi connectivity index (χ4n) is 2.77. The highest BCUT2D eigenvalue weighted by Gasteiger charge is 2.20. The minimum Gasteiger partial charge on any atom is -0.345 e. The van der Waals surface area contributed by atoms with Crippen LogP contribution < -0.4 is 4.72 Å². The molecule has 0 aliphatic heterocycles. The molecule has 0 aliphatic rings. The van der Waals surface area contributed by atoms with Gasteiger partial charge in [-0.15, -0.1) is 0 Å². The largest absolute Gasteiger partial charge is 0.345 e. The average molecular weight is 372 g/mol. The number of nitrogens with zero attached hydrogens (tertiary/aromatic N) is 2. The van der Waals surface area contributed by atoms with E-state index in [9.17, 15) is 13.2 Å². The number of hydrogen-bond acceptors (Lipinski definition) is 4. The zero-order valence-electron chi connectivity index (χ0n) is 14.6. The minimum atomic E-state index is -3.82. The van der Waals surface area contributed by atoms with E-state index < -0.39 is 10.0 Å². The van der Waals surface area contributed by atoms with Gasteiger partial charge in [0.2, 0.25) is 0 Å². The predicted octanol–water partition coefficient (Wildman–Crippen LogP) is 2.85. The number of benzene rings is 1. The summed E-state index contributed by atoms with van der Waals surface area (Å²) in [5.41, 5.74) is 1.27. The first-order valence-electron chi connectivity index (χ1n) is 8.30. The van der Waals surface area contributed by atoms with Gasteiger partial charge in [-0.05, 0) is 44.2 Å². The molecule has 1 aromatic carbocycles. The van der Waals surface area contributed by atoms with Gasteiger partial charge in [-0.25, -0.2) is 13.4 Å². The van der Waals surface area contributed by atoms with Crippen molar-refractivity contribution in [2.24, 2.45) is 0 Å². The molecular formula is C18H20N4O3S. The Kier molecular flexibility index (Phi) is 4.94. The summed E-state index contributed by atoms with van der Waals surface area (Å²) in [7, 11) is -3.82. The van der Waals surface area contributed by atoms with Gasteiger partial charge in [-0.1, -0.05) is 6.07 Å². The number of pyridine rings is 1. The summed E-state index contributed by atoms with van der Waals surface area (Å²) in [5.74, 6) is -0.132. The van der Waals surface area contributed by atoms with Gasteiger partial charge in [-0.2, -0.15) is 0 Å². The lowest BCUT2D eigenvalue weighted by molar-refractivity contribution is 0.0773. The molecule has 0 unspecified atom stereocenters. The van der Waals surface area contributed by atoms with Crippen LogP contribution in [0.2, 0.25) is 0 Å². The second-order valence-corrected chi connectivity index (χ2v) is 7.37. The predicted molar refractivity (Wildman–Crippen MR) is 101 cm³/mol. The maximum atomic E-state index is 12.7. The number of sulfonamides is 1. The van der Waals surface area contributed by atoms with E-state index in [2.05, 4.69) is 14.7 Å². The third kappa shape index (κ3) is 3.41. The van der Waals surface area contributed by atoms with Crippen LogP contribution in [0.15, 0.2) is 53.7 Å². The Hall–Kier alpha value is -2.87. The Labute approximate surface area is 152 Å². The molecule has 0 saturated heterocycles. The van der Waals surface area contributed by atoms with Crippen molar-refractivity contribution in [1.29, 1.82) is 0 Å². The summed E-state index contributed by atoms with van der Waals surface area (Å²) >= 11 is 0. The van der Waals surface area contributed by atoms with Crippen molar-refractivity contribution in [3.05, 3.63) is 54.4 Å². The first kappa shape index (κ1) is 17.9. The van der Waals surface area contributed by atoms with E-state index in [0.29, 0.717) is 35.4 Å². The van der Waals surface area contributed by atoms with Crippen molar-refractivity contribution in [2.75, 3.05) is 17.8 Å². The molecule has 0 bridgehead atoms. The van der Waals surface area contributed by atoms with Gasteiger partial charge in [0.25, 0.3) is 15.9 Å². The molecule has 2 aromatic heterocycles. The number of aromatic amines is 1. The molecular weight excluding hydrogens is 352 g/mol. The maximum Gasteiger partial charge on any atom is 0.264 e. The van der Waals surface area contributed by atoms with Crippen LogP contribution in [-0.4, -0.2) is 42.3 Å². The summed E-state index contributed by atoms with van der Waals surface area (Å²) in [6.07, 6.45) is 3.00. The standard InChI is InChI=1S/C18H20N4O3S/c1-3-22(4-2)18(23)13-7-5-8-14(11-13)21-26(24,25)16-12-20-17-15(16)9-6-10-19-17/h5-12,21H,3-4H2,1-2H3,(H,19,20). The highest BCUT2D eigenvalue weighted by Crippen LogP contribution is 2.24. The Balaban J connectivity index is 1.91. The third-order valence-corrected chi connectivity index (χ3v) is 5.54. The van der Waals surface area contributed by atoms with E-state index >= 15 is 0 Å². The molecule has 0 aliphatic carbocycles. The second kappa shape index (κ2) is 7.17. The molecule has 0 radical (unpaired) electrons. The normalized spacial score (nSPS) is 11.5. The highest BCUT2D eigenvalue weighted by atomic mass is 32.2. The first-order chi connectivity index (χ1) is 12.5. The number of nitrogens with one attached hydrogen (secondary N) is 2. The molecule has 2 heterocycles. The summed E-state index contributed by atoms with van der Waals surface area (Å²) in [6, 6.07) is 9.86. The number of hydrogen-bond donors (Lipinski definition) is 2. The van der Waals surface area contributed by atoms with Crippen LogP contribution >= 0.6 is 0 Å². The molecule has 0 spiro atoms. The Morgan fingerprint density at radius 3 is 2.69 bits per heavy atom. The Bertz CT molecular complexity index is 1040. The van der Waals surface area contributed by atoms with E-state index in [1.54, 1.807) is 47.5 Å². The number of amides is 1. The van der Waals surface area contributed by atoms with E-state index in [0.717, 1.165) is 0 Å². The zero-order chi connectivity index (χ0) is 18.7. The summed E-state index contributed by atoms with van der Waals surface area (Å²) < 4.78 is 28.0. The zero-order valence-corrected chi connectivity index (χ0v) is 15.4. The van der Waals surface area contributed by atoms with E-state index in [4.69, 9.17) is 0 Å². The molecule has 8 heteroatoms. The van der Waals surface area contributed by atoms with E-state index in [1.807, 2.05) is 13.8 Å². The summed E-state index contributed by atoms with van der Waals surface area (Å²) in [4.78, 5) is 21.2. The van der Waals surface area contributed by atoms with Gasteiger partial charge in [0, 0.05) is 42.1 Å². The van der Waals surface area contributed by atoms with E-state index in [1.165, 1.54) is 6.20 Å². The molecule has 136 valence electrons. The SMILES string of the molecule is CCN(CC)C(=O)c1cccc(NS(=O)(=O)c2c[nH]c3ncccc23)c1. The van der Waals surface area contributed by atoms with E-state index in [-0.39, 0.29) is 10.8 Å². The molecule has 2 N–H and O–H groups in total. The van der Waals surface area contributed by atoms with Crippen LogP contribution in [0.1, 0.15) is 24.2 Å². The van der Waals surface area contributed by atoms with Crippen LogP contribution in [0.5, 0.6) is 0 Å². The topological polar surface area (TPSA) is 95.2 Å². The number of anilines is 1. The highest BCUT2D eigenvalue weighted by molar-refractivity contribution is 7.93. The number of rotatable bonds is 6. The van der Waals surface area contributed by atoms with Crippen molar-refractivity contribution in [3.63, 3.8) is 0 Å². The van der Waals surface area contributed by atoms with Gasteiger partial charge in [0.1, 0.15) is 10.5 Å². The maximum absolute atomic E-state index is 12.7. The molecule has 0 atom stereocenters. The number of H-pyrrole nitrogens is 1. The molecule has 26 heavy (non-hydrogen) atoms. The third-order valence-electron chi connectivity index (χ3n) is 4.12. The molecule has 3 aromatic rings. The smallest absolute Gasteiger partial charge is 0.264 e. The van der Waals surface area contributed by atoms with Gasteiger partial charge in [0.15, 0.2) is 0 Å². The fraction of sp³-hybridized carbons (Fsp3) is 0.222. The number of aromatic nitrogens is 2. The number of fused-ring (bicyclic) bond motifs is 1. The van der Waals surface area contributed by atoms with Crippen molar-refractivity contribution in [3.8, 4) is 0 Å². The van der Waals surface area contributed by atoms with Crippen LogP contribution in [0.3, 0.4) is 0 Å². The van der Waals surface area contributed by atoms with Crippen LogP contribution in [-0.2, 0) is 10.0 Å². The lowest BCUT2D eigenvalue weighted by atomic mass is 10.2. The van der Waals surface area contributed by atoms with Crippen molar-refractivity contribution >= 4 is 32.7 Å². The van der Waals surface area contributed by atoms with Crippen LogP contribution in [0.4, 0.5) is 5.69 Å². The van der Waals surface area contributed by atoms with Gasteiger partial charge < -0.3 is 9.88 Å². The number of carbonyl (C=O) groups is 1. The lowest BCUT2D eigenvalue weighted by Gasteiger charge is -2.19. The summed E-state index contributed by atoms with van der Waals surface area (Å²) in [5, 5.41) is 0.510. The average Bonchev–Trinajstić information content (AvgIpc) is 3.07. The van der Waals surface area contributed by atoms with Crippen LogP contribution in [0.25, 0.3) is 11.0 Å². The van der Waals surface area contributed by atoms with Gasteiger partial charge >= 0.3 is 0 Å². The van der Waals surface area contributed by atoms with Gasteiger partial charge in [-0.3, -0.25) is 9.52 Å². The Morgan fingerprint density at radius 2 is 1.96 bits per heavy atom. The van der Waals surface area contributed by atoms with Crippen molar-refractivity contribution in [1.82, 2.24) is 14.9 Å². The molecule has 0 fully saturated rings. The van der Waals surface area contributed by atoms with Gasteiger partial charge in [0.05, 0.1) is 0 Å². The molecule has 0 saturated carbocycles. The Morgan fingerprint density at radius 1 is 1.19 bits per heavy atom. The molecule has 7 nitrogen and oxygen atoms in total. The van der Waals surface area contributed by atoms with Crippen molar-refractivity contribution in [2.45, 2.75) is 18.7 Å². The second-order valence-electron chi connectivity index (χ2n) is 5.72.